The molecule has 0 bridgehead atoms. The summed E-state index contributed by atoms with van der Waals surface area (Å²) in [7, 11) is 0. The lowest BCUT2D eigenvalue weighted by Gasteiger charge is -2.31. The molecule has 7 aromatic rings. The Morgan fingerprint density at radius 1 is 0.298 bits per heavy atom. The zero-order valence-corrected chi connectivity index (χ0v) is 27.0. The summed E-state index contributed by atoms with van der Waals surface area (Å²) < 4.78 is 0. The largest absolute Gasteiger partial charge is 0.0617 e. The monoisotopic (exact) mass is 600 g/mol. The van der Waals surface area contributed by atoms with Crippen molar-refractivity contribution in [3.63, 3.8) is 0 Å². The van der Waals surface area contributed by atoms with E-state index in [-0.39, 0.29) is 0 Å². The van der Waals surface area contributed by atoms with Gasteiger partial charge in [-0.2, -0.15) is 0 Å². The summed E-state index contributed by atoms with van der Waals surface area (Å²) in [6, 6.07) is 40.7. The molecule has 4 aliphatic carbocycles. The van der Waals surface area contributed by atoms with E-state index in [2.05, 4.69) is 110 Å². The standard InChI is InChI=1S/C47H36/c1-27-12-21-40-41(22-27)47(37-25-34-19-15-30-8-5-9-31-16-20-35(26-37)45(34)43(30)31)39-11-3-2-10-38(39)46(40)36-23-32-17-13-28-6-4-7-29-14-18-33(24-36)44(32)42(28)29/h2-12,21-26H,13-20H2,1H3. The van der Waals surface area contributed by atoms with Crippen LogP contribution in [0, 0.1) is 6.92 Å². The molecule has 0 spiro atoms. The van der Waals surface area contributed by atoms with Crippen LogP contribution in [-0.4, -0.2) is 0 Å². The summed E-state index contributed by atoms with van der Waals surface area (Å²) in [4.78, 5) is 0. The number of hydrogen-bond donors (Lipinski definition) is 0. The number of hydrogen-bond acceptors (Lipinski definition) is 0. The molecule has 0 amide bonds. The lowest BCUT2D eigenvalue weighted by atomic mass is 9.73. The highest BCUT2D eigenvalue weighted by Gasteiger charge is 2.29. The molecule has 0 aromatic heterocycles. The minimum absolute atomic E-state index is 1.13. The Balaban J connectivity index is 1.19. The third-order valence-electron chi connectivity index (χ3n) is 12.0. The van der Waals surface area contributed by atoms with E-state index in [9.17, 15) is 0 Å². The van der Waals surface area contributed by atoms with Crippen LogP contribution in [0.25, 0.3) is 66.1 Å². The van der Waals surface area contributed by atoms with Gasteiger partial charge in [0, 0.05) is 0 Å². The summed E-state index contributed by atoms with van der Waals surface area (Å²) >= 11 is 0. The van der Waals surface area contributed by atoms with E-state index in [0.29, 0.717) is 0 Å². The molecule has 0 saturated heterocycles. The molecular weight excluding hydrogens is 565 g/mol. The van der Waals surface area contributed by atoms with Gasteiger partial charge in [-0.15, -0.1) is 0 Å². The Morgan fingerprint density at radius 3 is 1.11 bits per heavy atom. The topological polar surface area (TPSA) is 0 Å². The van der Waals surface area contributed by atoms with Gasteiger partial charge >= 0.3 is 0 Å². The van der Waals surface area contributed by atoms with E-state index in [1.54, 1.807) is 66.8 Å². The van der Waals surface area contributed by atoms with Gasteiger partial charge < -0.3 is 0 Å². The molecule has 0 fully saturated rings. The summed E-state index contributed by atoms with van der Waals surface area (Å²) in [5.74, 6) is 0. The average Bonchev–Trinajstić information content (AvgIpc) is 3.11. The molecule has 4 aliphatic rings. The van der Waals surface area contributed by atoms with Gasteiger partial charge in [-0.25, -0.2) is 0 Å². The van der Waals surface area contributed by atoms with E-state index >= 15 is 0 Å². The van der Waals surface area contributed by atoms with Gasteiger partial charge in [0.25, 0.3) is 0 Å². The quantitative estimate of drug-likeness (QED) is 0.173. The lowest BCUT2D eigenvalue weighted by molar-refractivity contribution is 0.877. The highest BCUT2D eigenvalue weighted by molar-refractivity contribution is 6.21. The molecule has 11 rings (SSSR count). The van der Waals surface area contributed by atoms with Crippen LogP contribution >= 0.6 is 0 Å². The van der Waals surface area contributed by atoms with Gasteiger partial charge in [0.2, 0.25) is 0 Å². The van der Waals surface area contributed by atoms with Crippen molar-refractivity contribution in [3.05, 3.63) is 153 Å². The summed E-state index contributed by atoms with van der Waals surface area (Å²) in [5.41, 5.74) is 25.5. The fourth-order valence-electron chi connectivity index (χ4n) is 10.0. The second kappa shape index (κ2) is 9.55. The Hall–Kier alpha value is -4.94. The van der Waals surface area contributed by atoms with Crippen LogP contribution in [0.15, 0.2) is 103 Å². The maximum atomic E-state index is 2.56. The van der Waals surface area contributed by atoms with E-state index < -0.39 is 0 Å². The van der Waals surface area contributed by atoms with Gasteiger partial charge in [-0.1, -0.05) is 109 Å². The second-order valence-corrected chi connectivity index (χ2v) is 14.6. The van der Waals surface area contributed by atoms with Gasteiger partial charge in [-0.05, 0) is 169 Å². The third-order valence-corrected chi connectivity index (χ3v) is 12.0. The Kier molecular flexibility index (Phi) is 5.32. The van der Waals surface area contributed by atoms with Crippen LogP contribution in [0.2, 0.25) is 0 Å². The molecule has 0 saturated carbocycles. The fourth-order valence-corrected chi connectivity index (χ4v) is 10.0. The third kappa shape index (κ3) is 3.65. The number of fused-ring (bicyclic) bond motifs is 2. The van der Waals surface area contributed by atoms with Crippen molar-refractivity contribution >= 4 is 21.5 Å². The minimum atomic E-state index is 1.13. The maximum Gasteiger partial charge on any atom is -0.00261 e. The highest BCUT2D eigenvalue weighted by atomic mass is 14.3. The fraction of sp³-hybridized carbons (Fsp3) is 0.191. The van der Waals surface area contributed by atoms with E-state index in [1.807, 2.05) is 0 Å². The molecule has 0 N–H and O–H groups in total. The van der Waals surface area contributed by atoms with Crippen LogP contribution in [0.4, 0.5) is 0 Å². The summed E-state index contributed by atoms with van der Waals surface area (Å²) in [6.07, 6.45) is 9.09. The number of rotatable bonds is 2. The molecule has 0 nitrogen and oxygen atoms in total. The molecular formula is C47H36. The van der Waals surface area contributed by atoms with Gasteiger partial charge in [0.1, 0.15) is 0 Å². The molecule has 224 valence electrons. The second-order valence-electron chi connectivity index (χ2n) is 14.6. The van der Waals surface area contributed by atoms with Crippen LogP contribution in [0.3, 0.4) is 0 Å². The Morgan fingerprint density at radius 2 is 0.660 bits per heavy atom. The first-order chi connectivity index (χ1) is 23.2. The first-order valence-electron chi connectivity index (χ1n) is 17.7. The minimum Gasteiger partial charge on any atom is -0.0617 e. The number of aryl methyl sites for hydroxylation is 9. The summed E-state index contributed by atoms with van der Waals surface area (Å²) in [6.45, 7) is 2.26. The van der Waals surface area contributed by atoms with Crippen molar-refractivity contribution < 1.29 is 0 Å². The van der Waals surface area contributed by atoms with Crippen molar-refractivity contribution in [1.29, 1.82) is 0 Å². The Labute approximate surface area is 276 Å². The van der Waals surface area contributed by atoms with Gasteiger partial charge in [0.15, 0.2) is 0 Å². The average molecular weight is 601 g/mol. The van der Waals surface area contributed by atoms with Crippen LogP contribution in [0.1, 0.15) is 50.1 Å². The first kappa shape index (κ1) is 26.2. The van der Waals surface area contributed by atoms with Gasteiger partial charge in [-0.3, -0.25) is 0 Å². The van der Waals surface area contributed by atoms with Crippen molar-refractivity contribution in [1.82, 2.24) is 0 Å². The van der Waals surface area contributed by atoms with Crippen LogP contribution in [-0.2, 0) is 51.4 Å². The molecule has 0 aliphatic heterocycles. The normalized spacial score (nSPS) is 15.1. The molecule has 7 aromatic carbocycles. The molecule has 0 heterocycles. The molecule has 0 unspecified atom stereocenters. The lowest BCUT2D eigenvalue weighted by Crippen LogP contribution is -2.14. The molecule has 0 atom stereocenters. The van der Waals surface area contributed by atoms with Crippen molar-refractivity contribution in [2.45, 2.75) is 58.3 Å². The van der Waals surface area contributed by atoms with Crippen LogP contribution in [0.5, 0.6) is 0 Å². The summed E-state index contributed by atoms with van der Waals surface area (Å²) in [5, 5.41) is 5.51. The SMILES string of the molecule is Cc1ccc2c(-c3cc4c5c(c3)CCc3cccc(c3-5)CC4)c3ccccc3c(-c3cc4c5c(c3)CCc3cccc(c3-5)CC4)c2c1. The Bertz CT molecular complexity index is 2430. The van der Waals surface area contributed by atoms with Crippen LogP contribution < -0.4 is 0 Å². The van der Waals surface area contributed by atoms with Crippen molar-refractivity contribution in [2.75, 3.05) is 0 Å². The number of benzene rings is 7. The molecule has 0 radical (unpaired) electrons. The molecule has 0 heteroatoms. The molecule has 47 heavy (non-hydrogen) atoms. The predicted molar refractivity (Wildman–Crippen MR) is 198 cm³/mol. The smallest absolute Gasteiger partial charge is 0.00261 e. The van der Waals surface area contributed by atoms with Crippen molar-refractivity contribution in [2.24, 2.45) is 0 Å². The van der Waals surface area contributed by atoms with Gasteiger partial charge in [0.05, 0.1) is 0 Å². The zero-order valence-electron chi connectivity index (χ0n) is 27.0. The van der Waals surface area contributed by atoms with E-state index in [0.717, 1.165) is 51.4 Å². The van der Waals surface area contributed by atoms with Crippen molar-refractivity contribution in [3.8, 4) is 44.5 Å². The highest BCUT2D eigenvalue weighted by Crippen LogP contribution is 2.50. The maximum absolute atomic E-state index is 2.56. The predicted octanol–water partition coefficient (Wildman–Crippen LogP) is 11.4. The zero-order chi connectivity index (χ0) is 30.8. The van der Waals surface area contributed by atoms with E-state index in [1.165, 1.54) is 49.4 Å². The first-order valence-corrected chi connectivity index (χ1v) is 17.7. The van der Waals surface area contributed by atoms with E-state index in [4.69, 9.17) is 0 Å².